The van der Waals surface area contributed by atoms with Crippen molar-refractivity contribution in [1.82, 2.24) is 24.8 Å². The van der Waals surface area contributed by atoms with Crippen molar-refractivity contribution >= 4 is 23.1 Å². The van der Waals surface area contributed by atoms with Crippen LogP contribution in [0.4, 0.5) is 40.9 Å². The van der Waals surface area contributed by atoms with Gasteiger partial charge in [0.1, 0.15) is 23.8 Å². The lowest BCUT2D eigenvalue weighted by molar-refractivity contribution is -0.159. The number of ether oxygens (including phenoxy) is 1. The molecule has 5 rings (SSSR count). The van der Waals surface area contributed by atoms with Crippen molar-refractivity contribution in [2.24, 2.45) is 5.92 Å². The van der Waals surface area contributed by atoms with Gasteiger partial charge in [0.25, 0.3) is 5.91 Å². The second-order valence-electron chi connectivity index (χ2n) is 9.74. The van der Waals surface area contributed by atoms with Gasteiger partial charge in [0.05, 0.1) is 29.4 Å². The van der Waals surface area contributed by atoms with Crippen LogP contribution in [0.15, 0.2) is 30.6 Å². The van der Waals surface area contributed by atoms with Crippen LogP contribution in [0, 0.1) is 5.92 Å². The number of rotatable bonds is 6. The average molecular weight is 592 g/mol. The van der Waals surface area contributed by atoms with Crippen molar-refractivity contribution in [3.8, 4) is 17.0 Å². The maximum atomic E-state index is 14.7. The van der Waals surface area contributed by atoms with Crippen LogP contribution in [-0.4, -0.2) is 69.1 Å². The molecule has 1 saturated heterocycles. The molecule has 2 atom stereocenters. The number of nitrogen functional groups attached to an aromatic ring is 1. The Morgan fingerprint density at radius 3 is 2.49 bits per heavy atom. The van der Waals surface area contributed by atoms with E-state index in [0.717, 1.165) is 33.9 Å². The molecule has 3 N–H and O–H groups in total. The van der Waals surface area contributed by atoms with Crippen molar-refractivity contribution < 1.29 is 49.4 Å². The van der Waals surface area contributed by atoms with E-state index in [1.54, 1.807) is 0 Å². The fourth-order valence-corrected chi connectivity index (χ4v) is 4.98. The van der Waals surface area contributed by atoms with Crippen LogP contribution in [0.3, 0.4) is 0 Å². The Labute approximate surface area is 225 Å². The SMILES string of the molecule is Nc1ncnn2c(-c3ccc(OC(F)F)c(C(=O)N[C@@H]4CN(C(=O)C5CC(F)(F)C5)C[C@@H]4F)c3)cc(C(F)(F)F)c12. The molecule has 1 aliphatic carbocycles. The third kappa shape index (κ3) is 5.44. The first-order chi connectivity index (χ1) is 19.1. The fraction of sp³-hybridized carbons (Fsp3) is 0.417. The predicted octanol–water partition coefficient (Wildman–Crippen LogP) is 3.92. The quantitative estimate of drug-likeness (QED) is 0.420. The van der Waals surface area contributed by atoms with Crippen LogP contribution in [-0.2, 0) is 11.0 Å². The van der Waals surface area contributed by atoms with Crippen LogP contribution in [0.2, 0.25) is 0 Å². The summed E-state index contributed by atoms with van der Waals surface area (Å²) in [6.07, 6.45) is -7.13. The molecule has 2 aromatic heterocycles. The molecule has 1 aromatic carbocycles. The second kappa shape index (κ2) is 10.0. The van der Waals surface area contributed by atoms with Crippen molar-refractivity contribution in [1.29, 1.82) is 0 Å². The molecule has 2 amide bonds. The Balaban J connectivity index is 1.44. The van der Waals surface area contributed by atoms with Gasteiger partial charge in [-0.05, 0) is 24.3 Å². The Morgan fingerprint density at radius 2 is 1.85 bits per heavy atom. The van der Waals surface area contributed by atoms with Gasteiger partial charge in [-0.2, -0.15) is 27.1 Å². The molecule has 2 fully saturated rings. The summed E-state index contributed by atoms with van der Waals surface area (Å²) in [5, 5.41) is 6.07. The zero-order valence-corrected chi connectivity index (χ0v) is 20.6. The Hall–Kier alpha value is -4.18. The van der Waals surface area contributed by atoms with Crippen LogP contribution >= 0.6 is 0 Å². The summed E-state index contributed by atoms with van der Waals surface area (Å²) in [6, 6.07) is 2.34. The summed E-state index contributed by atoms with van der Waals surface area (Å²) >= 11 is 0. The van der Waals surface area contributed by atoms with Gasteiger partial charge in [-0.1, -0.05) is 0 Å². The van der Waals surface area contributed by atoms with Gasteiger partial charge in [-0.3, -0.25) is 9.59 Å². The molecule has 0 spiro atoms. The summed E-state index contributed by atoms with van der Waals surface area (Å²) in [4.78, 5) is 30.2. The first kappa shape index (κ1) is 28.4. The number of anilines is 1. The third-order valence-electron chi connectivity index (χ3n) is 6.94. The Bertz CT molecular complexity index is 1500. The standard InChI is InChI=1S/C24H20F8N6O3/c25-14-7-37(21(40)11-5-23(28,29)6-11)8-15(14)36-20(39)12-3-10(1-2-17(12)41-22(26)27)16-4-13(24(30,31)32)18-19(33)34-9-35-38(16)18/h1-4,9,11,14-15,22H,5-8H2,(H,36,39)(H2,33,34,35)/t14-,15+/m0/s1. The van der Waals surface area contributed by atoms with E-state index in [4.69, 9.17) is 5.73 Å². The number of hydrogen-bond acceptors (Lipinski definition) is 6. The number of carbonyl (C=O) groups is 2. The van der Waals surface area contributed by atoms with Crippen LogP contribution in [0.1, 0.15) is 28.8 Å². The zero-order chi connectivity index (χ0) is 29.9. The number of likely N-dealkylation sites (tertiary alicyclic amines) is 1. The highest BCUT2D eigenvalue weighted by Crippen LogP contribution is 2.44. The molecule has 3 heterocycles. The minimum Gasteiger partial charge on any atom is -0.434 e. The van der Waals surface area contributed by atoms with Gasteiger partial charge >= 0.3 is 12.8 Å². The van der Waals surface area contributed by atoms with E-state index in [1.165, 1.54) is 0 Å². The number of benzene rings is 1. The monoisotopic (exact) mass is 592 g/mol. The highest BCUT2D eigenvalue weighted by Gasteiger charge is 2.51. The number of amides is 2. The van der Waals surface area contributed by atoms with E-state index in [-0.39, 0.29) is 17.8 Å². The predicted molar refractivity (Wildman–Crippen MR) is 125 cm³/mol. The number of carbonyl (C=O) groups excluding carboxylic acids is 2. The number of nitrogens with two attached hydrogens (primary N) is 1. The minimum atomic E-state index is -4.88. The summed E-state index contributed by atoms with van der Waals surface area (Å²) < 4.78 is 114. The van der Waals surface area contributed by atoms with Gasteiger partial charge in [-0.15, -0.1) is 0 Å². The van der Waals surface area contributed by atoms with Crippen molar-refractivity contribution in [2.75, 3.05) is 18.8 Å². The van der Waals surface area contributed by atoms with Crippen LogP contribution in [0.5, 0.6) is 5.75 Å². The maximum absolute atomic E-state index is 14.7. The molecule has 9 nitrogen and oxygen atoms in total. The van der Waals surface area contributed by atoms with E-state index in [2.05, 4.69) is 20.1 Å². The molecular formula is C24H20F8N6O3. The normalized spacial score (nSPS) is 20.9. The molecule has 1 saturated carbocycles. The first-order valence-corrected chi connectivity index (χ1v) is 12.0. The summed E-state index contributed by atoms with van der Waals surface area (Å²) in [5.41, 5.74) is 2.98. The van der Waals surface area contributed by atoms with Crippen LogP contribution < -0.4 is 15.8 Å². The molecule has 0 radical (unpaired) electrons. The van der Waals surface area contributed by atoms with Crippen molar-refractivity contribution in [2.45, 2.75) is 43.8 Å². The molecule has 0 bridgehead atoms. The first-order valence-electron chi connectivity index (χ1n) is 12.0. The number of aromatic nitrogens is 3. The maximum Gasteiger partial charge on any atom is 0.418 e. The zero-order valence-electron chi connectivity index (χ0n) is 20.6. The van der Waals surface area contributed by atoms with Crippen molar-refractivity contribution in [3.05, 3.63) is 41.7 Å². The molecule has 17 heteroatoms. The van der Waals surface area contributed by atoms with Crippen molar-refractivity contribution in [3.63, 3.8) is 0 Å². The number of halogens is 8. The summed E-state index contributed by atoms with van der Waals surface area (Å²) in [6.45, 7) is -4.24. The molecule has 3 aromatic rings. The Morgan fingerprint density at radius 1 is 1.15 bits per heavy atom. The Kier molecular flexibility index (Phi) is 6.93. The van der Waals surface area contributed by atoms with E-state index in [1.807, 2.05) is 0 Å². The molecule has 220 valence electrons. The number of nitrogens with one attached hydrogen (secondary N) is 1. The molecule has 1 aliphatic heterocycles. The lowest BCUT2D eigenvalue weighted by atomic mass is 9.80. The largest absolute Gasteiger partial charge is 0.434 e. The van der Waals surface area contributed by atoms with Gasteiger partial charge in [0.2, 0.25) is 11.8 Å². The number of hydrogen-bond donors (Lipinski definition) is 2. The minimum absolute atomic E-state index is 0.0914. The number of alkyl halides is 8. The van der Waals surface area contributed by atoms with E-state index in [9.17, 15) is 44.7 Å². The third-order valence-corrected chi connectivity index (χ3v) is 6.94. The molecule has 2 aliphatic rings. The van der Waals surface area contributed by atoms with E-state index >= 15 is 0 Å². The highest BCUT2D eigenvalue weighted by molar-refractivity contribution is 5.98. The number of fused-ring (bicyclic) bond motifs is 1. The molecule has 41 heavy (non-hydrogen) atoms. The molecule has 0 unspecified atom stereocenters. The topological polar surface area (TPSA) is 115 Å². The van der Waals surface area contributed by atoms with Gasteiger partial charge in [-0.25, -0.2) is 22.7 Å². The van der Waals surface area contributed by atoms with E-state index < -0.39 is 96.3 Å². The van der Waals surface area contributed by atoms with E-state index in [0.29, 0.717) is 6.07 Å². The lowest BCUT2D eigenvalue weighted by Crippen LogP contribution is -2.47. The highest BCUT2D eigenvalue weighted by atomic mass is 19.4. The fourth-order valence-electron chi connectivity index (χ4n) is 4.98. The smallest absolute Gasteiger partial charge is 0.418 e. The lowest BCUT2D eigenvalue weighted by Gasteiger charge is -2.36. The second-order valence-corrected chi connectivity index (χ2v) is 9.74. The van der Waals surface area contributed by atoms with Gasteiger partial charge in [0, 0.05) is 30.9 Å². The average Bonchev–Trinajstić information content (AvgIpc) is 3.44. The van der Waals surface area contributed by atoms with Crippen LogP contribution in [0.25, 0.3) is 16.8 Å². The summed E-state index contributed by atoms with van der Waals surface area (Å²) in [7, 11) is 0. The van der Waals surface area contributed by atoms with Gasteiger partial charge in [0.15, 0.2) is 5.82 Å². The summed E-state index contributed by atoms with van der Waals surface area (Å²) in [5.74, 6) is -6.93. The number of nitrogens with zero attached hydrogens (tertiary/aromatic N) is 4. The van der Waals surface area contributed by atoms with Gasteiger partial charge < -0.3 is 20.7 Å². The molecular weight excluding hydrogens is 572 g/mol.